The molecule has 0 atom stereocenters. The van der Waals surface area contributed by atoms with Crippen molar-refractivity contribution in [2.45, 2.75) is 6.67 Å². The van der Waals surface area contributed by atoms with Gasteiger partial charge < -0.3 is 9.64 Å². The number of piperazine rings is 1. The van der Waals surface area contributed by atoms with Crippen LogP contribution in [0.15, 0.2) is 54.9 Å². The Hall–Kier alpha value is -2.71. The van der Waals surface area contributed by atoms with Gasteiger partial charge in [0.15, 0.2) is 0 Å². The van der Waals surface area contributed by atoms with Gasteiger partial charge in [-0.2, -0.15) is 5.10 Å². The van der Waals surface area contributed by atoms with Crippen LogP contribution in [0.3, 0.4) is 0 Å². The molecule has 28 heavy (non-hydrogen) atoms. The smallest absolute Gasteiger partial charge is 0.203 e. The monoisotopic (exact) mass is 399 g/mol. The van der Waals surface area contributed by atoms with Crippen molar-refractivity contribution in [1.82, 2.24) is 19.2 Å². The Bertz CT molecular complexity index is 992. The van der Waals surface area contributed by atoms with Crippen LogP contribution in [-0.4, -0.2) is 52.5 Å². The lowest BCUT2D eigenvalue weighted by Crippen LogP contribution is -2.47. The molecule has 2 heterocycles. The van der Waals surface area contributed by atoms with E-state index in [1.54, 1.807) is 13.4 Å². The van der Waals surface area contributed by atoms with Crippen LogP contribution in [0.1, 0.15) is 0 Å². The van der Waals surface area contributed by atoms with Crippen molar-refractivity contribution in [3.8, 4) is 11.4 Å². The molecule has 2 aromatic carbocycles. The maximum absolute atomic E-state index is 13.1. The first-order valence-electron chi connectivity index (χ1n) is 9.16. The zero-order chi connectivity index (χ0) is 19.5. The molecule has 3 aromatic rings. The molecule has 0 spiro atoms. The first-order valence-corrected chi connectivity index (χ1v) is 9.56. The van der Waals surface area contributed by atoms with Gasteiger partial charge in [-0.05, 0) is 48.6 Å². The standard InChI is InChI=1S/C20H22FN5OS/c1-27-19-4-2-3-18(13-19)25-14-22-26(20(25)28)15-23-9-11-24(12-10-23)17-7-5-16(21)6-8-17/h2-8,13-14H,9-12,15H2,1H3. The molecule has 146 valence electrons. The van der Waals surface area contributed by atoms with Gasteiger partial charge in [0.2, 0.25) is 4.77 Å². The van der Waals surface area contributed by atoms with Gasteiger partial charge in [-0.25, -0.2) is 9.07 Å². The largest absolute Gasteiger partial charge is 0.497 e. The first kappa shape index (κ1) is 18.6. The van der Waals surface area contributed by atoms with E-state index in [1.165, 1.54) is 12.1 Å². The SMILES string of the molecule is COc1cccc(-n2cnn(CN3CCN(c4ccc(F)cc4)CC3)c2=S)c1. The van der Waals surface area contributed by atoms with Gasteiger partial charge in [0.05, 0.1) is 19.5 Å². The molecule has 1 fully saturated rings. The Morgan fingerprint density at radius 2 is 1.79 bits per heavy atom. The lowest BCUT2D eigenvalue weighted by atomic mass is 10.2. The first-order chi connectivity index (χ1) is 13.6. The van der Waals surface area contributed by atoms with Crippen molar-refractivity contribution >= 4 is 17.9 Å². The van der Waals surface area contributed by atoms with Crippen LogP contribution in [0.25, 0.3) is 5.69 Å². The lowest BCUT2D eigenvalue weighted by molar-refractivity contribution is 0.194. The number of anilines is 1. The van der Waals surface area contributed by atoms with Crippen molar-refractivity contribution in [3.63, 3.8) is 0 Å². The van der Waals surface area contributed by atoms with Crippen LogP contribution >= 0.6 is 12.2 Å². The van der Waals surface area contributed by atoms with E-state index < -0.39 is 0 Å². The molecule has 4 rings (SSSR count). The van der Waals surface area contributed by atoms with E-state index in [1.807, 2.05) is 45.6 Å². The highest BCUT2D eigenvalue weighted by atomic mass is 32.1. The molecule has 0 saturated carbocycles. The fourth-order valence-corrected chi connectivity index (χ4v) is 3.62. The molecule has 0 amide bonds. The lowest BCUT2D eigenvalue weighted by Gasteiger charge is -2.35. The Morgan fingerprint density at radius 3 is 2.50 bits per heavy atom. The van der Waals surface area contributed by atoms with Gasteiger partial charge in [-0.1, -0.05) is 6.07 Å². The van der Waals surface area contributed by atoms with Crippen LogP contribution in [0.5, 0.6) is 5.75 Å². The third-order valence-electron chi connectivity index (χ3n) is 4.96. The molecule has 0 aliphatic carbocycles. The number of hydrogen-bond donors (Lipinski definition) is 0. The molecule has 1 aliphatic rings. The molecule has 1 aliphatic heterocycles. The fourth-order valence-electron chi connectivity index (χ4n) is 3.36. The Kier molecular flexibility index (Phi) is 5.40. The van der Waals surface area contributed by atoms with Crippen molar-refractivity contribution in [1.29, 1.82) is 0 Å². The average Bonchev–Trinajstić information content (AvgIpc) is 3.09. The molecule has 0 N–H and O–H groups in total. The number of methoxy groups -OCH3 is 1. The quantitative estimate of drug-likeness (QED) is 0.616. The summed E-state index contributed by atoms with van der Waals surface area (Å²) in [5.41, 5.74) is 1.98. The Labute approximate surface area is 168 Å². The molecular weight excluding hydrogens is 377 g/mol. The van der Waals surface area contributed by atoms with Gasteiger partial charge in [-0.15, -0.1) is 0 Å². The van der Waals surface area contributed by atoms with Crippen molar-refractivity contribution in [2.24, 2.45) is 0 Å². The van der Waals surface area contributed by atoms with Gasteiger partial charge in [-0.3, -0.25) is 9.47 Å². The number of aromatic nitrogens is 3. The Morgan fingerprint density at radius 1 is 1.04 bits per heavy atom. The summed E-state index contributed by atoms with van der Waals surface area (Å²) >= 11 is 5.62. The topological polar surface area (TPSA) is 38.5 Å². The summed E-state index contributed by atoms with van der Waals surface area (Å²) in [6.07, 6.45) is 1.74. The fraction of sp³-hybridized carbons (Fsp3) is 0.300. The van der Waals surface area contributed by atoms with Crippen molar-refractivity contribution in [3.05, 3.63) is 65.4 Å². The van der Waals surface area contributed by atoms with Crippen LogP contribution in [0, 0.1) is 10.6 Å². The second kappa shape index (κ2) is 8.12. The molecule has 1 aromatic heterocycles. The van der Waals surface area contributed by atoms with Crippen LogP contribution in [0.2, 0.25) is 0 Å². The van der Waals surface area contributed by atoms with Crippen LogP contribution < -0.4 is 9.64 Å². The van der Waals surface area contributed by atoms with E-state index in [-0.39, 0.29) is 5.82 Å². The highest BCUT2D eigenvalue weighted by Crippen LogP contribution is 2.18. The summed E-state index contributed by atoms with van der Waals surface area (Å²) < 4.78 is 22.8. The molecule has 1 saturated heterocycles. The maximum Gasteiger partial charge on any atom is 0.203 e. The zero-order valence-corrected chi connectivity index (χ0v) is 16.5. The number of nitrogens with zero attached hydrogens (tertiary/aromatic N) is 5. The van der Waals surface area contributed by atoms with Gasteiger partial charge in [0.25, 0.3) is 0 Å². The summed E-state index contributed by atoms with van der Waals surface area (Å²) in [5.74, 6) is 0.576. The van der Waals surface area contributed by atoms with Crippen molar-refractivity contribution in [2.75, 3.05) is 38.2 Å². The van der Waals surface area contributed by atoms with Gasteiger partial charge >= 0.3 is 0 Å². The minimum absolute atomic E-state index is 0.205. The number of benzene rings is 2. The van der Waals surface area contributed by atoms with E-state index in [0.717, 1.165) is 43.3 Å². The van der Waals surface area contributed by atoms with Gasteiger partial charge in [0, 0.05) is 37.9 Å². The zero-order valence-electron chi connectivity index (χ0n) is 15.7. The second-order valence-electron chi connectivity index (χ2n) is 6.71. The number of ether oxygens (including phenoxy) is 1. The highest BCUT2D eigenvalue weighted by Gasteiger charge is 2.18. The predicted octanol–water partition coefficient (Wildman–Crippen LogP) is 3.33. The molecule has 8 heteroatoms. The normalized spacial score (nSPS) is 15.0. The van der Waals surface area contributed by atoms with Gasteiger partial charge in [0.1, 0.15) is 17.9 Å². The van der Waals surface area contributed by atoms with Crippen LogP contribution in [-0.2, 0) is 6.67 Å². The summed E-state index contributed by atoms with van der Waals surface area (Å²) in [4.78, 5) is 4.59. The summed E-state index contributed by atoms with van der Waals surface area (Å²) in [5, 5.41) is 4.47. The summed E-state index contributed by atoms with van der Waals surface area (Å²) in [6, 6.07) is 14.4. The molecular formula is C20H22FN5OS. The van der Waals surface area contributed by atoms with Crippen LogP contribution in [0.4, 0.5) is 10.1 Å². The van der Waals surface area contributed by atoms with E-state index in [0.29, 0.717) is 11.4 Å². The Balaban J connectivity index is 1.41. The van der Waals surface area contributed by atoms with E-state index in [2.05, 4.69) is 14.9 Å². The predicted molar refractivity (Wildman–Crippen MR) is 109 cm³/mol. The number of halogens is 1. The molecule has 0 radical (unpaired) electrons. The average molecular weight is 399 g/mol. The highest BCUT2D eigenvalue weighted by molar-refractivity contribution is 7.71. The maximum atomic E-state index is 13.1. The minimum Gasteiger partial charge on any atom is -0.497 e. The number of hydrogen-bond acceptors (Lipinski definition) is 5. The van der Waals surface area contributed by atoms with E-state index >= 15 is 0 Å². The molecule has 6 nitrogen and oxygen atoms in total. The third kappa shape index (κ3) is 3.93. The third-order valence-corrected chi connectivity index (χ3v) is 5.37. The molecule has 0 bridgehead atoms. The van der Waals surface area contributed by atoms with E-state index in [4.69, 9.17) is 17.0 Å². The number of rotatable bonds is 5. The van der Waals surface area contributed by atoms with E-state index in [9.17, 15) is 4.39 Å². The van der Waals surface area contributed by atoms with Crippen molar-refractivity contribution < 1.29 is 9.13 Å². The summed E-state index contributed by atoms with van der Waals surface area (Å²) in [6.45, 7) is 4.20. The second-order valence-corrected chi connectivity index (χ2v) is 7.07. The summed E-state index contributed by atoms with van der Waals surface area (Å²) in [7, 11) is 1.65. The minimum atomic E-state index is -0.205. The molecule has 0 unspecified atom stereocenters.